The third-order valence-corrected chi connectivity index (χ3v) is 4.17. The molecule has 1 aromatic carbocycles. The molecular formula is C13H18O6S. The van der Waals surface area contributed by atoms with Crippen LogP contribution >= 0.6 is 0 Å². The van der Waals surface area contributed by atoms with Crippen LogP contribution in [0.5, 0.6) is 0 Å². The van der Waals surface area contributed by atoms with Crippen LogP contribution in [0, 0.1) is 6.92 Å². The number of aliphatic hydroxyl groups is 1. The summed E-state index contributed by atoms with van der Waals surface area (Å²) < 4.78 is 43.6. The predicted octanol–water partition coefficient (Wildman–Crippen LogP) is 1.21. The van der Waals surface area contributed by atoms with E-state index in [4.69, 9.17) is 9.47 Å². The number of hydrogen-bond acceptors (Lipinski definition) is 5. The number of aryl methyl sites for hydroxylation is 1. The van der Waals surface area contributed by atoms with Gasteiger partial charge in [0.25, 0.3) is 10.1 Å². The Labute approximate surface area is 118 Å². The summed E-state index contributed by atoms with van der Waals surface area (Å²) in [6.07, 6.45) is 0. The van der Waals surface area contributed by atoms with Gasteiger partial charge in [-0.05, 0) is 26.8 Å². The zero-order valence-electron chi connectivity index (χ0n) is 11.6. The lowest BCUT2D eigenvalue weighted by atomic mass is 9.94. The zero-order valence-corrected chi connectivity index (χ0v) is 12.4. The van der Waals surface area contributed by atoms with Gasteiger partial charge in [0.2, 0.25) is 0 Å². The molecule has 1 atom stereocenters. The Hall–Kier alpha value is -0.990. The molecule has 0 spiro atoms. The van der Waals surface area contributed by atoms with Gasteiger partial charge in [-0.1, -0.05) is 17.7 Å². The first kappa shape index (κ1) is 15.4. The lowest BCUT2D eigenvalue weighted by Crippen LogP contribution is -2.37. The molecule has 1 heterocycles. The van der Waals surface area contributed by atoms with Crippen molar-refractivity contribution in [2.24, 2.45) is 0 Å². The summed E-state index contributed by atoms with van der Waals surface area (Å²) in [5, 5.41) is 9.70. The molecule has 112 valence electrons. The van der Waals surface area contributed by atoms with Crippen molar-refractivity contribution >= 4 is 10.1 Å². The SMILES string of the molecule is Cc1ccc(S(=O)(=O)O)c([C@@]2(CO)COC(C)(C)O2)c1. The maximum atomic E-state index is 11.5. The van der Waals surface area contributed by atoms with E-state index in [9.17, 15) is 18.1 Å². The zero-order chi connectivity index (χ0) is 15.2. The van der Waals surface area contributed by atoms with Crippen LogP contribution in [-0.4, -0.2) is 37.1 Å². The number of benzene rings is 1. The smallest absolute Gasteiger partial charge is 0.294 e. The van der Waals surface area contributed by atoms with Gasteiger partial charge in [0.15, 0.2) is 5.79 Å². The second-order valence-corrected chi connectivity index (χ2v) is 6.81. The third kappa shape index (κ3) is 2.72. The van der Waals surface area contributed by atoms with Crippen LogP contribution in [0.15, 0.2) is 23.1 Å². The molecule has 20 heavy (non-hydrogen) atoms. The van der Waals surface area contributed by atoms with Crippen LogP contribution in [-0.2, 0) is 25.2 Å². The fourth-order valence-electron chi connectivity index (χ4n) is 2.34. The minimum atomic E-state index is -4.42. The first-order valence-electron chi connectivity index (χ1n) is 6.13. The summed E-state index contributed by atoms with van der Waals surface area (Å²) in [7, 11) is -4.42. The summed E-state index contributed by atoms with van der Waals surface area (Å²) in [6.45, 7) is 4.68. The number of rotatable bonds is 3. The standard InChI is InChI=1S/C13H18O6S/c1-9-4-5-11(20(15,16)17)10(6-9)13(7-14)8-18-12(2,3)19-13/h4-6,14H,7-8H2,1-3H3,(H,15,16,17)/t13-/m1/s1. The summed E-state index contributed by atoms with van der Waals surface area (Å²) >= 11 is 0. The van der Waals surface area contributed by atoms with Gasteiger partial charge < -0.3 is 14.6 Å². The molecule has 2 rings (SSSR count). The molecule has 1 aromatic rings. The minimum Gasteiger partial charge on any atom is -0.393 e. The Bertz CT molecular complexity index is 622. The first-order valence-corrected chi connectivity index (χ1v) is 7.57. The highest BCUT2D eigenvalue weighted by molar-refractivity contribution is 7.85. The van der Waals surface area contributed by atoms with E-state index in [2.05, 4.69) is 0 Å². The van der Waals surface area contributed by atoms with Gasteiger partial charge in [-0.2, -0.15) is 8.42 Å². The van der Waals surface area contributed by atoms with E-state index in [1.165, 1.54) is 6.07 Å². The van der Waals surface area contributed by atoms with Crippen molar-refractivity contribution in [3.8, 4) is 0 Å². The van der Waals surface area contributed by atoms with Crippen LogP contribution in [0.4, 0.5) is 0 Å². The van der Waals surface area contributed by atoms with Crippen molar-refractivity contribution < 1.29 is 27.6 Å². The normalized spacial score (nSPS) is 25.9. The molecule has 0 bridgehead atoms. The highest BCUT2D eigenvalue weighted by Crippen LogP contribution is 2.41. The van der Waals surface area contributed by atoms with Gasteiger partial charge in [0, 0.05) is 5.56 Å². The topological polar surface area (TPSA) is 93.1 Å². The van der Waals surface area contributed by atoms with Crippen molar-refractivity contribution in [1.82, 2.24) is 0 Å². The number of hydrogen-bond donors (Lipinski definition) is 2. The van der Waals surface area contributed by atoms with E-state index >= 15 is 0 Å². The Morgan fingerprint density at radius 1 is 1.35 bits per heavy atom. The molecule has 0 unspecified atom stereocenters. The Morgan fingerprint density at radius 2 is 2.00 bits per heavy atom. The molecule has 6 nitrogen and oxygen atoms in total. The van der Waals surface area contributed by atoms with Gasteiger partial charge in [-0.15, -0.1) is 0 Å². The second kappa shape index (κ2) is 4.78. The lowest BCUT2D eigenvalue weighted by Gasteiger charge is -2.29. The minimum absolute atomic E-state index is 0.00245. The highest BCUT2D eigenvalue weighted by Gasteiger charge is 2.48. The van der Waals surface area contributed by atoms with Gasteiger partial charge in [-0.3, -0.25) is 4.55 Å². The number of ether oxygens (including phenoxy) is 2. The first-order chi connectivity index (χ1) is 9.10. The van der Waals surface area contributed by atoms with Crippen LogP contribution in [0.25, 0.3) is 0 Å². The molecule has 0 radical (unpaired) electrons. The van der Waals surface area contributed by atoms with Gasteiger partial charge in [-0.25, -0.2) is 0 Å². The fourth-order valence-corrected chi connectivity index (χ4v) is 3.10. The second-order valence-electron chi connectivity index (χ2n) is 5.42. The highest BCUT2D eigenvalue weighted by atomic mass is 32.2. The maximum absolute atomic E-state index is 11.5. The molecule has 0 saturated carbocycles. The fraction of sp³-hybridized carbons (Fsp3) is 0.538. The summed E-state index contributed by atoms with van der Waals surface area (Å²) in [4.78, 5) is -0.279. The summed E-state index contributed by atoms with van der Waals surface area (Å²) in [5.74, 6) is -0.942. The average molecular weight is 302 g/mol. The average Bonchev–Trinajstić information content (AvgIpc) is 2.64. The van der Waals surface area contributed by atoms with Gasteiger partial charge in [0.05, 0.1) is 13.2 Å². The monoisotopic (exact) mass is 302 g/mol. The lowest BCUT2D eigenvalue weighted by molar-refractivity contribution is -0.172. The number of aliphatic hydroxyl groups excluding tert-OH is 1. The molecule has 0 amide bonds. The summed E-state index contributed by atoms with van der Waals surface area (Å²) in [6, 6.07) is 4.44. The van der Waals surface area contributed by atoms with Crippen LogP contribution in [0.2, 0.25) is 0 Å². The van der Waals surface area contributed by atoms with Crippen LogP contribution in [0.1, 0.15) is 25.0 Å². The van der Waals surface area contributed by atoms with Crippen molar-refractivity contribution in [3.63, 3.8) is 0 Å². The Kier molecular flexibility index (Phi) is 3.68. The summed E-state index contributed by atoms with van der Waals surface area (Å²) in [5.41, 5.74) is -0.317. The molecule has 0 aliphatic carbocycles. The molecule has 1 aliphatic heterocycles. The van der Waals surface area contributed by atoms with Crippen molar-refractivity contribution in [2.45, 2.75) is 37.1 Å². The molecular weight excluding hydrogens is 284 g/mol. The van der Waals surface area contributed by atoms with E-state index in [0.717, 1.165) is 5.56 Å². The van der Waals surface area contributed by atoms with Gasteiger partial charge >= 0.3 is 0 Å². The van der Waals surface area contributed by atoms with Crippen LogP contribution in [0.3, 0.4) is 0 Å². The van der Waals surface area contributed by atoms with E-state index in [1.807, 2.05) is 0 Å². The van der Waals surface area contributed by atoms with E-state index in [-0.39, 0.29) is 17.1 Å². The van der Waals surface area contributed by atoms with E-state index in [1.54, 1.807) is 32.9 Å². The van der Waals surface area contributed by atoms with Crippen LogP contribution < -0.4 is 0 Å². The third-order valence-electron chi connectivity index (χ3n) is 3.25. The molecule has 1 aliphatic rings. The molecule has 0 aromatic heterocycles. The quantitative estimate of drug-likeness (QED) is 0.815. The van der Waals surface area contributed by atoms with Crippen molar-refractivity contribution in [1.29, 1.82) is 0 Å². The van der Waals surface area contributed by atoms with Crippen molar-refractivity contribution in [3.05, 3.63) is 29.3 Å². The Balaban J connectivity index is 2.64. The molecule has 1 fully saturated rings. The predicted molar refractivity (Wildman–Crippen MR) is 70.9 cm³/mol. The van der Waals surface area contributed by atoms with E-state index < -0.39 is 28.1 Å². The molecule has 2 N–H and O–H groups in total. The maximum Gasteiger partial charge on any atom is 0.294 e. The molecule has 1 saturated heterocycles. The largest absolute Gasteiger partial charge is 0.393 e. The van der Waals surface area contributed by atoms with E-state index in [0.29, 0.717) is 0 Å². The van der Waals surface area contributed by atoms with Gasteiger partial charge in [0.1, 0.15) is 10.5 Å². The van der Waals surface area contributed by atoms with Crippen molar-refractivity contribution in [2.75, 3.05) is 13.2 Å². The Morgan fingerprint density at radius 3 is 2.45 bits per heavy atom. The molecule has 7 heteroatoms.